The van der Waals surface area contributed by atoms with E-state index in [1.165, 1.54) is 16.7 Å². The molecule has 0 fully saturated rings. The summed E-state index contributed by atoms with van der Waals surface area (Å²) in [5, 5.41) is 4.09. The minimum Gasteiger partial charge on any atom is -0.491 e. The zero-order valence-corrected chi connectivity index (χ0v) is 12.9. The molecule has 1 N–H and O–H groups in total. The van der Waals surface area contributed by atoms with Crippen molar-refractivity contribution in [3.8, 4) is 5.75 Å². The average Bonchev–Trinajstić information content (AvgIpc) is 2.40. The van der Waals surface area contributed by atoms with Crippen molar-refractivity contribution in [2.75, 3.05) is 18.5 Å². The SMILES string of the molecule is Cc1ccc(OCCNc2cc(Cl)ccc2C)c(C)c1. The quantitative estimate of drug-likeness (QED) is 0.802. The van der Waals surface area contributed by atoms with Gasteiger partial charge < -0.3 is 10.1 Å². The van der Waals surface area contributed by atoms with Crippen molar-refractivity contribution >= 4 is 17.3 Å². The number of hydrogen-bond donors (Lipinski definition) is 1. The average molecular weight is 290 g/mol. The lowest BCUT2D eigenvalue weighted by Crippen LogP contribution is -2.12. The fraction of sp³-hybridized carbons (Fsp3) is 0.294. The van der Waals surface area contributed by atoms with Crippen molar-refractivity contribution in [3.05, 3.63) is 58.1 Å². The Kier molecular flexibility index (Phi) is 4.91. The normalized spacial score (nSPS) is 10.4. The van der Waals surface area contributed by atoms with Crippen LogP contribution < -0.4 is 10.1 Å². The summed E-state index contributed by atoms with van der Waals surface area (Å²) in [6, 6.07) is 12.1. The molecular weight excluding hydrogens is 270 g/mol. The van der Waals surface area contributed by atoms with Gasteiger partial charge in [-0.1, -0.05) is 35.4 Å². The fourth-order valence-electron chi connectivity index (χ4n) is 2.09. The molecule has 0 saturated heterocycles. The summed E-state index contributed by atoms with van der Waals surface area (Å²) in [4.78, 5) is 0. The molecule has 2 aromatic rings. The molecule has 0 aliphatic carbocycles. The zero-order valence-electron chi connectivity index (χ0n) is 12.2. The van der Waals surface area contributed by atoms with Gasteiger partial charge in [-0.3, -0.25) is 0 Å². The first-order valence-electron chi connectivity index (χ1n) is 6.76. The van der Waals surface area contributed by atoms with Crippen LogP contribution in [-0.2, 0) is 0 Å². The van der Waals surface area contributed by atoms with Crippen LogP contribution in [0.1, 0.15) is 16.7 Å². The number of anilines is 1. The third-order valence-corrected chi connectivity index (χ3v) is 3.44. The van der Waals surface area contributed by atoms with E-state index in [9.17, 15) is 0 Å². The maximum Gasteiger partial charge on any atom is 0.122 e. The predicted molar refractivity (Wildman–Crippen MR) is 86.1 cm³/mol. The zero-order chi connectivity index (χ0) is 14.5. The van der Waals surface area contributed by atoms with Gasteiger partial charge in [0.1, 0.15) is 12.4 Å². The van der Waals surface area contributed by atoms with Gasteiger partial charge in [-0.25, -0.2) is 0 Å². The topological polar surface area (TPSA) is 21.3 Å². The maximum absolute atomic E-state index is 5.99. The van der Waals surface area contributed by atoms with E-state index in [2.05, 4.69) is 38.2 Å². The molecule has 3 heteroatoms. The molecule has 0 bridgehead atoms. The second kappa shape index (κ2) is 6.67. The lowest BCUT2D eigenvalue weighted by molar-refractivity contribution is 0.330. The van der Waals surface area contributed by atoms with Crippen LogP contribution in [0.2, 0.25) is 5.02 Å². The lowest BCUT2D eigenvalue weighted by atomic mass is 10.1. The molecule has 0 saturated carbocycles. The highest BCUT2D eigenvalue weighted by Crippen LogP contribution is 2.21. The fourth-order valence-corrected chi connectivity index (χ4v) is 2.26. The molecule has 2 aromatic carbocycles. The molecule has 0 radical (unpaired) electrons. The lowest BCUT2D eigenvalue weighted by Gasteiger charge is -2.12. The maximum atomic E-state index is 5.99. The highest BCUT2D eigenvalue weighted by atomic mass is 35.5. The van der Waals surface area contributed by atoms with Crippen LogP contribution in [0.15, 0.2) is 36.4 Å². The Bertz CT molecular complexity index is 596. The Hall–Kier alpha value is -1.67. The van der Waals surface area contributed by atoms with Gasteiger partial charge in [0.15, 0.2) is 0 Å². The van der Waals surface area contributed by atoms with Gasteiger partial charge >= 0.3 is 0 Å². The number of benzene rings is 2. The van der Waals surface area contributed by atoms with Crippen LogP contribution in [-0.4, -0.2) is 13.2 Å². The molecule has 0 aliphatic rings. The molecule has 0 unspecified atom stereocenters. The molecule has 2 nitrogen and oxygen atoms in total. The van der Waals surface area contributed by atoms with Crippen LogP contribution in [0, 0.1) is 20.8 Å². The van der Waals surface area contributed by atoms with Gasteiger partial charge in [0.2, 0.25) is 0 Å². The molecule has 0 atom stereocenters. The van der Waals surface area contributed by atoms with Crippen molar-refractivity contribution in [3.63, 3.8) is 0 Å². The number of rotatable bonds is 5. The molecule has 2 rings (SSSR count). The second-order valence-electron chi connectivity index (χ2n) is 5.00. The van der Waals surface area contributed by atoms with Crippen molar-refractivity contribution < 1.29 is 4.74 Å². The first-order valence-corrected chi connectivity index (χ1v) is 7.14. The van der Waals surface area contributed by atoms with Gasteiger partial charge in [-0.2, -0.15) is 0 Å². The first-order chi connectivity index (χ1) is 9.56. The van der Waals surface area contributed by atoms with Gasteiger partial charge in [0.05, 0.1) is 0 Å². The van der Waals surface area contributed by atoms with E-state index in [0.717, 1.165) is 23.0 Å². The van der Waals surface area contributed by atoms with E-state index in [0.29, 0.717) is 6.61 Å². The van der Waals surface area contributed by atoms with Crippen molar-refractivity contribution in [1.82, 2.24) is 0 Å². The molecule has 0 heterocycles. The Morgan fingerprint density at radius 3 is 2.55 bits per heavy atom. The van der Waals surface area contributed by atoms with Gasteiger partial charge in [-0.05, 0) is 50.1 Å². The van der Waals surface area contributed by atoms with Crippen molar-refractivity contribution in [2.24, 2.45) is 0 Å². The van der Waals surface area contributed by atoms with E-state index in [-0.39, 0.29) is 0 Å². The van der Waals surface area contributed by atoms with E-state index in [4.69, 9.17) is 16.3 Å². The summed E-state index contributed by atoms with van der Waals surface area (Å²) in [5.74, 6) is 0.945. The highest BCUT2D eigenvalue weighted by molar-refractivity contribution is 6.30. The van der Waals surface area contributed by atoms with E-state index < -0.39 is 0 Å². The van der Waals surface area contributed by atoms with Crippen LogP contribution in [0.5, 0.6) is 5.75 Å². The minimum absolute atomic E-state index is 0.621. The summed E-state index contributed by atoms with van der Waals surface area (Å²) >= 11 is 5.99. The Balaban J connectivity index is 1.86. The monoisotopic (exact) mass is 289 g/mol. The molecule has 0 aliphatic heterocycles. The van der Waals surface area contributed by atoms with Crippen molar-refractivity contribution in [1.29, 1.82) is 0 Å². The molecular formula is C17H20ClNO. The van der Waals surface area contributed by atoms with Crippen LogP contribution in [0.4, 0.5) is 5.69 Å². The summed E-state index contributed by atoms with van der Waals surface area (Å²) in [5.41, 5.74) is 4.66. The highest BCUT2D eigenvalue weighted by Gasteiger charge is 2.01. The third kappa shape index (κ3) is 3.91. The summed E-state index contributed by atoms with van der Waals surface area (Å²) in [6.07, 6.45) is 0. The second-order valence-corrected chi connectivity index (χ2v) is 5.44. The Labute approximate surface area is 125 Å². The number of nitrogens with one attached hydrogen (secondary N) is 1. The minimum atomic E-state index is 0.621. The summed E-state index contributed by atoms with van der Waals surface area (Å²) in [6.45, 7) is 7.57. The predicted octanol–water partition coefficient (Wildman–Crippen LogP) is 4.76. The third-order valence-electron chi connectivity index (χ3n) is 3.21. The molecule has 106 valence electrons. The molecule has 20 heavy (non-hydrogen) atoms. The van der Waals surface area contributed by atoms with Gasteiger partial charge in [0, 0.05) is 17.3 Å². The van der Waals surface area contributed by atoms with E-state index in [1.807, 2.05) is 24.3 Å². The summed E-state index contributed by atoms with van der Waals surface area (Å²) < 4.78 is 5.79. The largest absolute Gasteiger partial charge is 0.491 e. The van der Waals surface area contributed by atoms with E-state index in [1.54, 1.807) is 0 Å². The Morgan fingerprint density at radius 1 is 1.00 bits per heavy atom. The molecule has 0 spiro atoms. The Morgan fingerprint density at radius 2 is 1.80 bits per heavy atom. The van der Waals surface area contributed by atoms with Crippen LogP contribution in [0.25, 0.3) is 0 Å². The van der Waals surface area contributed by atoms with Crippen LogP contribution >= 0.6 is 11.6 Å². The molecule has 0 aromatic heterocycles. The van der Waals surface area contributed by atoms with E-state index >= 15 is 0 Å². The standard InChI is InChI=1S/C17H20ClNO/c1-12-4-7-17(14(3)10-12)20-9-8-19-16-11-15(18)6-5-13(16)2/h4-7,10-11,19H,8-9H2,1-3H3. The number of hydrogen-bond acceptors (Lipinski definition) is 2. The first kappa shape index (κ1) is 14.7. The smallest absolute Gasteiger partial charge is 0.122 e. The number of halogens is 1. The van der Waals surface area contributed by atoms with Crippen LogP contribution in [0.3, 0.4) is 0 Å². The molecule has 0 amide bonds. The number of ether oxygens (including phenoxy) is 1. The van der Waals surface area contributed by atoms with Crippen molar-refractivity contribution in [2.45, 2.75) is 20.8 Å². The summed E-state index contributed by atoms with van der Waals surface area (Å²) in [7, 11) is 0. The number of aryl methyl sites for hydroxylation is 3. The van der Waals surface area contributed by atoms with Gasteiger partial charge in [-0.15, -0.1) is 0 Å². The van der Waals surface area contributed by atoms with Gasteiger partial charge in [0.25, 0.3) is 0 Å².